The van der Waals surface area contributed by atoms with Crippen LogP contribution in [0.2, 0.25) is 0 Å². The van der Waals surface area contributed by atoms with Crippen molar-refractivity contribution < 1.29 is 19.0 Å². The average Bonchev–Trinajstić information content (AvgIpc) is 3.36. The van der Waals surface area contributed by atoms with Crippen LogP contribution < -0.4 is 29.1 Å². The highest BCUT2D eigenvalue weighted by molar-refractivity contribution is 9.10. The van der Waals surface area contributed by atoms with E-state index in [1.165, 1.54) is 18.3 Å². The number of hydrogen-bond acceptors (Lipinski definition) is 7. The van der Waals surface area contributed by atoms with E-state index in [4.69, 9.17) is 14.2 Å². The third-order valence-corrected chi connectivity index (χ3v) is 7.28. The van der Waals surface area contributed by atoms with Gasteiger partial charge in [-0.2, -0.15) is 0 Å². The number of fused-ring (bicyclic) bond motifs is 2. The van der Waals surface area contributed by atoms with Gasteiger partial charge in [-0.25, -0.2) is 4.99 Å². The number of methoxy groups -OCH3 is 1. The average molecular weight is 527 g/mol. The molecule has 0 N–H and O–H groups in total. The summed E-state index contributed by atoms with van der Waals surface area (Å²) in [4.78, 5) is 31.3. The molecule has 3 heterocycles. The van der Waals surface area contributed by atoms with Gasteiger partial charge in [0.05, 0.1) is 17.7 Å². The third-order valence-electron chi connectivity index (χ3n) is 5.61. The van der Waals surface area contributed by atoms with Crippen molar-refractivity contribution in [2.75, 3.05) is 13.9 Å². The molecule has 0 spiro atoms. The van der Waals surface area contributed by atoms with E-state index in [0.29, 0.717) is 37.9 Å². The second-order valence-electron chi connectivity index (χ2n) is 7.64. The summed E-state index contributed by atoms with van der Waals surface area (Å²) in [5, 5.41) is 0. The zero-order valence-corrected chi connectivity index (χ0v) is 20.5. The van der Waals surface area contributed by atoms with Crippen LogP contribution in [0.4, 0.5) is 0 Å². The first-order valence-corrected chi connectivity index (χ1v) is 11.7. The van der Waals surface area contributed by atoms with Crippen LogP contribution in [0.3, 0.4) is 0 Å². The van der Waals surface area contributed by atoms with Gasteiger partial charge in [-0.1, -0.05) is 39.4 Å². The summed E-state index contributed by atoms with van der Waals surface area (Å²) in [6.07, 6.45) is 1.80. The van der Waals surface area contributed by atoms with Crippen molar-refractivity contribution in [3.05, 3.63) is 83.0 Å². The van der Waals surface area contributed by atoms with Crippen LogP contribution in [0.15, 0.2) is 61.9 Å². The predicted octanol–water partition coefficient (Wildman–Crippen LogP) is 3.32. The molecule has 0 fully saturated rings. The van der Waals surface area contributed by atoms with Crippen LogP contribution in [-0.4, -0.2) is 24.3 Å². The molecule has 1 atom stereocenters. The van der Waals surface area contributed by atoms with E-state index in [-0.39, 0.29) is 18.1 Å². The Morgan fingerprint density at radius 3 is 2.61 bits per heavy atom. The van der Waals surface area contributed by atoms with E-state index < -0.39 is 6.04 Å². The Morgan fingerprint density at radius 2 is 1.94 bits per heavy atom. The van der Waals surface area contributed by atoms with Gasteiger partial charge in [-0.05, 0) is 55.3 Å². The lowest BCUT2D eigenvalue weighted by Gasteiger charge is -2.24. The van der Waals surface area contributed by atoms with Crippen molar-refractivity contribution >= 4 is 39.1 Å². The molecule has 9 heteroatoms. The number of carbonyl (C=O) groups is 1. The number of rotatable bonds is 4. The number of ether oxygens (including phenoxy) is 3. The highest BCUT2D eigenvalue weighted by Crippen LogP contribution is 2.37. The van der Waals surface area contributed by atoms with Crippen molar-refractivity contribution in [2.24, 2.45) is 4.99 Å². The van der Waals surface area contributed by atoms with E-state index >= 15 is 0 Å². The van der Waals surface area contributed by atoms with E-state index in [9.17, 15) is 9.59 Å². The molecule has 0 saturated carbocycles. The van der Waals surface area contributed by atoms with Crippen molar-refractivity contribution in [1.82, 2.24) is 4.57 Å². The number of benzene rings is 2. The van der Waals surface area contributed by atoms with Crippen molar-refractivity contribution in [3.8, 4) is 17.2 Å². The molecule has 0 aliphatic carbocycles. The summed E-state index contributed by atoms with van der Waals surface area (Å²) in [6, 6.07) is 10.5. The van der Waals surface area contributed by atoms with Gasteiger partial charge in [0, 0.05) is 15.7 Å². The van der Waals surface area contributed by atoms with Crippen LogP contribution >= 0.6 is 27.3 Å². The van der Waals surface area contributed by atoms with Crippen LogP contribution in [-0.2, 0) is 4.79 Å². The highest BCUT2D eigenvalue weighted by Gasteiger charge is 2.30. The number of allylic oxidation sites excluding steroid dienone is 2. The standard InChI is InChI=1S/C24H19BrN2O5S/c1-12-21(13(2)28)22(14-4-6-16(30-3)7-5-14)27-23(29)20(33-24(27)26-12)9-15-8-18-19(10-17(15)25)32-11-31-18/h4-10,22H,11H2,1-3H3/b20-9+/t22-/m1/s1. The molecule has 0 amide bonds. The Bertz CT molecular complexity index is 1500. The Balaban J connectivity index is 1.71. The van der Waals surface area contributed by atoms with Crippen LogP contribution in [0.1, 0.15) is 31.0 Å². The van der Waals surface area contributed by atoms with E-state index in [0.717, 1.165) is 15.6 Å². The van der Waals surface area contributed by atoms with Crippen LogP contribution in [0.5, 0.6) is 17.2 Å². The van der Waals surface area contributed by atoms with Gasteiger partial charge in [-0.15, -0.1) is 0 Å². The molecule has 5 rings (SSSR count). The zero-order chi connectivity index (χ0) is 23.3. The number of Topliss-reactive ketones (excluding diaryl/α,β-unsaturated/α-hetero) is 1. The first-order valence-electron chi connectivity index (χ1n) is 10.1. The summed E-state index contributed by atoms with van der Waals surface area (Å²) in [6.45, 7) is 3.48. The maximum Gasteiger partial charge on any atom is 0.271 e. The summed E-state index contributed by atoms with van der Waals surface area (Å²) >= 11 is 4.83. The topological polar surface area (TPSA) is 79.1 Å². The number of carbonyl (C=O) groups excluding carboxylic acids is 1. The molecule has 1 aromatic heterocycles. The first-order chi connectivity index (χ1) is 15.9. The lowest BCUT2D eigenvalue weighted by Crippen LogP contribution is -2.39. The van der Waals surface area contributed by atoms with Crippen LogP contribution in [0, 0.1) is 0 Å². The molecule has 2 aliphatic heterocycles. The maximum absolute atomic E-state index is 13.6. The van der Waals surface area contributed by atoms with Crippen molar-refractivity contribution in [3.63, 3.8) is 0 Å². The quantitative estimate of drug-likeness (QED) is 0.521. The Kier molecular flexibility index (Phi) is 5.46. The second-order valence-corrected chi connectivity index (χ2v) is 9.50. The minimum atomic E-state index is -0.563. The zero-order valence-electron chi connectivity index (χ0n) is 18.0. The molecule has 0 radical (unpaired) electrons. The van der Waals surface area contributed by atoms with Crippen LogP contribution in [0.25, 0.3) is 6.08 Å². The number of aromatic nitrogens is 1. The lowest BCUT2D eigenvalue weighted by molar-refractivity contribution is -0.114. The van der Waals surface area contributed by atoms with Gasteiger partial charge >= 0.3 is 0 Å². The number of nitrogens with zero attached hydrogens (tertiary/aromatic N) is 2. The predicted molar refractivity (Wildman–Crippen MR) is 128 cm³/mol. The molecule has 0 saturated heterocycles. The smallest absolute Gasteiger partial charge is 0.271 e. The van der Waals surface area contributed by atoms with Gasteiger partial charge in [0.1, 0.15) is 5.75 Å². The Hall–Kier alpha value is -3.17. The van der Waals surface area contributed by atoms with E-state index in [2.05, 4.69) is 20.9 Å². The number of hydrogen-bond donors (Lipinski definition) is 0. The number of thiazole rings is 1. The molecule has 0 unspecified atom stereocenters. The normalized spacial score (nSPS) is 17.1. The SMILES string of the molecule is COc1ccc([C@@H]2C(C(C)=O)=C(C)N=c3s/c(=C/c4cc5c(cc4Br)OCO5)c(=O)n32)cc1. The molecular formula is C24H19BrN2O5S. The van der Waals surface area contributed by atoms with Gasteiger partial charge < -0.3 is 14.2 Å². The van der Waals surface area contributed by atoms with Gasteiger partial charge in [0.25, 0.3) is 5.56 Å². The minimum absolute atomic E-state index is 0.120. The van der Waals surface area contributed by atoms with Gasteiger partial charge in [-0.3, -0.25) is 14.2 Å². The molecule has 0 bridgehead atoms. The molecule has 2 aliphatic rings. The summed E-state index contributed by atoms with van der Waals surface area (Å²) < 4.78 is 19.0. The third kappa shape index (κ3) is 3.71. The molecule has 33 heavy (non-hydrogen) atoms. The van der Waals surface area contributed by atoms with E-state index in [1.807, 2.05) is 36.4 Å². The molecule has 3 aromatic rings. The fourth-order valence-corrected chi connectivity index (χ4v) is 5.53. The minimum Gasteiger partial charge on any atom is -0.497 e. The van der Waals surface area contributed by atoms with Crippen molar-refractivity contribution in [1.29, 1.82) is 0 Å². The molecule has 7 nitrogen and oxygen atoms in total. The molecule has 2 aromatic carbocycles. The van der Waals surface area contributed by atoms with Crippen molar-refractivity contribution in [2.45, 2.75) is 19.9 Å². The van der Waals surface area contributed by atoms with Gasteiger partial charge in [0.2, 0.25) is 6.79 Å². The molecule has 168 valence electrons. The highest BCUT2D eigenvalue weighted by atomic mass is 79.9. The van der Waals surface area contributed by atoms with Gasteiger partial charge in [0.15, 0.2) is 22.1 Å². The monoisotopic (exact) mass is 526 g/mol. The maximum atomic E-state index is 13.6. The number of halogens is 1. The fraction of sp³-hybridized carbons (Fsp3) is 0.208. The fourth-order valence-electron chi connectivity index (χ4n) is 4.06. The molecular weight excluding hydrogens is 508 g/mol. The van der Waals surface area contributed by atoms with E-state index in [1.54, 1.807) is 24.7 Å². The Labute approximate surface area is 201 Å². The Morgan fingerprint density at radius 1 is 1.24 bits per heavy atom. The number of ketones is 1. The second kappa shape index (κ2) is 8.31. The first kappa shape index (κ1) is 21.7. The summed E-state index contributed by atoms with van der Waals surface area (Å²) in [5.41, 5.74) is 2.50. The summed E-state index contributed by atoms with van der Waals surface area (Å²) in [7, 11) is 1.59. The lowest BCUT2D eigenvalue weighted by atomic mass is 9.93. The largest absolute Gasteiger partial charge is 0.497 e. The summed E-state index contributed by atoms with van der Waals surface area (Å²) in [5.74, 6) is 1.86.